The first-order chi connectivity index (χ1) is 9.02. The number of hydrogen-bond acceptors (Lipinski definition) is 4. The summed E-state index contributed by atoms with van der Waals surface area (Å²) in [6.07, 6.45) is 4.23. The highest BCUT2D eigenvalue weighted by molar-refractivity contribution is 7.17. The summed E-state index contributed by atoms with van der Waals surface area (Å²) in [4.78, 5) is 18.5. The molecule has 1 aliphatic rings. The average Bonchev–Trinajstić information content (AvgIpc) is 3.07. The number of carboxylic acid groups (broad SMARTS) is 1. The lowest BCUT2D eigenvalue weighted by Gasteiger charge is -2.22. The van der Waals surface area contributed by atoms with E-state index in [2.05, 4.69) is 23.7 Å². The molecule has 5 heteroatoms. The van der Waals surface area contributed by atoms with Gasteiger partial charge < -0.3 is 10.0 Å². The molecule has 0 aromatic carbocycles. The molecule has 1 aromatic heterocycles. The fraction of sp³-hybridized carbons (Fsp3) is 0.714. The van der Waals surface area contributed by atoms with Crippen LogP contribution in [0.1, 0.15) is 55.4 Å². The number of carbonyl (C=O) groups is 1. The molecule has 0 saturated heterocycles. The predicted molar refractivity (Wildman–Crippen MR) is 78.3 cm³/mol. The van der Waals surface area contributed by atoms with E-state index in [1.165, 1.54) is 24.2 Å². The van der Waals surface area contributed by atoms with Crippen molar-refractivity contribution in [1.29, 1.82) is 0 Å². The van der Waals surface area contributed by atoms with Crippen molar-refractivity contribution < 1.29 is 9.90 Å². The van der Waals surface area contributed by atoms with Crippen molar-refractivity contribution >= 4 is 22.4 Å². The number of aryl methyl sites for hydroxylation is 1. The summed E-state index contributed by atoms with van der Waals surface area (Å²) in [7, 11) is 0. The lowest BCUT2D eigenvalue weighted by atomic mass is 10.1. The molecule has 19 heavy (non-hydrogen) atoms. The summed E-state index contributed by atoms with van der Waals surface area (Å²) in [5.41, 5.74) is 0.725. The zero-order valence-electron chi connectivity index (χ0n) is 11.8. The Morgan fingerprint density at radius 1 is 1.53 bits per heavy atom. The molecule has 106 valence electrons. The van der Waals surface area contributed by atoms with Crippen molar-refractivity contribution in [2.24, 2.45) is 5.92 Å². The van der Waals surface area contributed by atoms with Crippen LogP contribution in [0.5, 0.6) is 0 Å². The molecule has 1 aromatic rings. The molecule has 0 aliphatic heterocycles. The summed E-state index contributed by atoms with van der Waals surface area (Å²) in [5, 5.41) is 10.1. The first-order valence-corrected chi connectivity index (χ1v) is 7.84. The number of anilines is 1. The number of aromatic carboxylic acids is 1. The number of carboxylic acids is 1. The van der Waals surface area contributed by atoms with Gasteiger partial charge in [0.15, 0.2) is 5.13 Å². The first-order valence-electron chi connectivity index (χ1n) is 7.02. The second kappa shape index (κ2) is 5.90. The SMILES string of the molecule is CCc1nc(N(CCC(C)C)C2CC2)sc1C(=O)O. The zero-order chi connectivity index (χ0) is 14.0. The molecular formula is C14H22N2O2S. The monoisotopic (exact) mass is 282 g/mol. The molecule has 1 N–H and O–H groups in total. The second-order valence-corrected chi connectivity index (χ2v) is 6.52. The lowest BCUT2D eigenvalue weighted by molar-refractivity contribution is 0.0701. The van der Waals surface area contributed by atoms with Crippen LogP contribution in [0.4, 0.5) is 5.13 Å². The molecule has 1 saturated carbocycles. The molecule has 0 atom stereocenters. The molecule has 0 bridgehead atoms. The Bertz CT molecular complexity index is 452. The van der Waals surface area contributed by atoms with Crippen LogP contribution in [-0.4, -0.2) is 28.6 Å². The quantitative estimate of drug-likeness (QED) is 0.832. The lowest BCUT2D eigenvalue weighted by Crippen LogP contribution is -2.27. The molecule has 0 radical (unpaired) electrons. The highest BCUT2D eigenvalue weighted by Gasteiger charge is 2.32. The standard InChI is InChI=1S/C14H22N2O2S/c1-4-11-12(13(17)18)19-14(15-11)16(10-5-6-10)8-7-9(2)3/h9-10H,4-8H2,1-3H3,(H,17,18). The third-order valence-electron chi connectivity index (χ3n) is 3.40. The van der Waals surface area contributed by atoms with Crippen molar-refractivity contribution in [3.63, 3.8) is 0 Å². The van der Waals surface area contributed by atoms with Crippen LogP contribution < -0.4 is 4.90 Å². The van der Waals surface area contributed by atoms with E-state index in [1.54, 1.807) is 0 Å². The number of rotatable bonds is 7. The van der Waals surface area contributed by atoms with Gasteiger partial charge in [0.2, 0.25) is 0 Å². The van der Waals surface area contributed by atoms with Crippen molar-refractivity contribution in [2.45, 2.75) is 52.5 Å². The van der Waals surface area contributed by atoms with Gasteiger partial charge in [-0.25, -0.2) is 9.78 Å². The minimum absolute atomic E-state index is 0.410. The van der Waals surface area contributed by atoms with Gasteiger partial charge in [0.1, 0.15) is 4.88 Å². The van der Waals surface area contributed by atoms with E-state index in [0.29, 0.717) is 23.3 Å². The Hall–Kier alpha value is -1.10. The fourth-order valence-electron chi connectivity index (χ4n) is 2.09. The molecule has 0 amide bonds. The average molecular weight is 282 g/mol. The molecular weight excluding hydrogens is 260 g/mol. The Morgan fingerprint density at radius 2 is 2.21 bits per heavy atom. The van der Waals surface area contributed by atoms with Crippen molar-refractivity contribution in [3.8, 4) is 0 Å². The molecule has 2 rings (SSSR count). The van der Waals surface area contributed by atoms with Crippen LogP contribution >= 0.6 is 11.3 Å². The van der Waals surface area contributed by atoms with Gasteiger partial charge in [-0.2, -0.15) is 0 Å². The summed E-state index contributed by atoms with van der Waals surface area (Å²) < 4.78 is 0. The maximum atomic E-state index is 11.2. The third kappa shape index (κ3) is 3.47. The molecule has 0 spiro atoms. The van der Waals surface area contributed by atoms with Crippen LogP contribution in [0.15, 0.2) is 0 Å². The van der Waals surface area contributed by atoms with Crippen LogP contribution in [0.3, 0.4) is 0 Å². The normalized spacial score (nSPS) is 14.9. The fourth-order valence-corrected chi connectivity index (χ4v) is 3.18. The molecule has 1 heterocycles. The topological polar surface area (TPSA) is 53.4 Å². The van der Waals surface area contributed by atoms with Crippen LogP contribution in [0.2, 0.25) is 0 Å². The van der Waals surface area contributed by atoms with E-state index < -0.39 is 5.97 Å². The first kappa shape index (κ1) is 14.3. The Balaban J connectivity index is 2.19. The van der Waals surface area contributed by atoms with E-state index >= 15 is 0 Å². The van der Waals surface area contributed by atoms with Gasteiger partial charge >= 0.3 is 5.97 Å². The van der Waals surface area contributed by atoms with Gasteiger partial charge in [-0.1, -0.05) is 32.1 Å². The van der Waals surface area contributed by atoms with Gasteiger partial charge in [-0.15, -0.1) is 0 Å². The van der Waals surface area contributed by atoms with Crippen LogP contribution in [0, 0.1) is 5.92 Å². The number of hydrogen-bond donors (Lipinski definition) is 1. The number of thiazole rings is 1. The van der Waals surface area contributed by atoms with Gasteiger partial charge in [0, 0.05) is 12.6 Å². The molecule has 4 nitrogen and oxygen atoms in total. The summed E-state index contributed by atoms with van der Waals surface area (Å²) in [6, 6.07) is 0.580. The minimum atomic E-state index is -0.847. The Kier molecular flexibility index (Phi) is 4.45. The zero-order valence-corrected chi connectivity index (χ0v) is 12.7. The number of nitrogens with zero attached hydrogens (tertiary/aromatic N) is 2. The molecule has 1 aliphatic carbocycles. The molecule has 0 unspecified atom stereocenters. The van der Waals surface area contributed by atoms with E-state index in [0.717, 1.165) is 23.8 Å². The Morgan fingerprint density at radius 3 is 2.63 bits per heavy atom. The van der Waals surface area contributed by atoms with Gasteiger partial charge in [0.05, 0.1) is 5.69 Å². The van der Waals surface area contributed by atoms with E-state index in [1.807, 2.05) is 6.92 Å². The smallest absolute Gasteiger partial charge is 0.347 e. The highest BCUT2D eigenvalue weighted by Crippen LogP contribution is 2.36. The van der Waals surface area contributed by atoms with Gasteiger partial charge in [-0.05, 0) is 31.6 Å². The van der Waals surface area contributed by atoms with Crippen molar-refractivity contribution in [2.75, 3.05) is 11.4 Å². The summed E-state index contributed by atoms with van der Waals surface area (Å²) in [5.74, 6) is -0.189. The number of aromatic nitrogens is 1. The van der Waals surface area contributed by atoms with E-state index in [4.69, 9.17) is 0 Å². The highest BCUT2D eigenvalue weighted by atomic mass is 32.1. The second-order valence-electron chi connectivity index (χ2n) is 5.54. The van der Waals surface area contributed by atoms with E-state index in [-0.39, 0.29) is 0 Å². The van der Waals surface area contributed by atoms with E-state index in [9.17, 15) is 9.90 Å². The molecule has 1 fully saturated rings. The van der Waals surface area contributed by atoms with Crippen molar-refractivity contribution in [3.05, 3.63) is 10.6 Å². The third-order valence-corrected chi connectivity index (χ3v) is 4.52. The predicted octanol–water partition coefficient (Wildman–Crippen LogP) is 3.42. The van der Waals surface area contributed by atoms with Crippen LogP contribution in [-0.2, 0) is 6.42 Å². The van der Waals surface area contributed by atoms with Gasteiger partial charge in [-0.3, -0.25) is 0 Å². The van der Waals surface area contributed by atoms with Gasteiger partial charge in [0.25, 0.3) is 0 Å². The maximum absolute atomic E-state index is 11.2. The Labute approximate surface area is 118 Å². The maximum Gasteiger partial charge on any atom is 0.347 e. The minimum Gasteiger partial charge on any atom is -0.477 e. The summed E-state index contributed by atoms with van der Waals surface area (Å²) >= 11 is 1.34. The largest absolute Gasteiger partial charge is 0.477 e. The van der Waals surface area contributed by atoms with Crippen molar-refractivity contribution in [1.82, 2.24) is 4.98 Å². The van der Waals surface area contributed by atoms with Crippen LogP contribution in [0.25, 0.3) is 0 Å². The summed E-state index contributed by atoms with van der Waals surface area (Å²) in [6.45, 7) is 7.37.